The predicted molar refractivity (Wildman–Crippen MR) is 47.3 cm³/mol. The van der Waals surface area contributed by atoms with Gasteiger partial charge in [0.2, 0.25) is 0 Å². The zero-order valence-corrected chi connectivity index (χ0v) is 5.99. The molecule has 0 unspecified atom stereocenters. The van der Waals surface area contributed by atoms with Gasteiger partial charge in [0.25, 0.3) is 0 Å². The van der Waals surface area contributed by atoms with E-state index in [0.717, 1.165) is 16.6 Å². The van der Waals surface area contributed by atoms with Gasteiger partial charge in [0, 0.05) is 17.3 Å². The largest absolute Gasteiger partial charge is 1.00 e. The van der Waals surface area contributed by atoms with Crippen molar-refractivity contribution >= 4 is 16.6 Å². The van der Waals surface area contributed by atoms with Crippen LogP contribution in [0.15, 0.2) is 36.5 Å². The van der Waals surface area contributed by atoms with Crippen LogP contribution in [0.25, 0.3) is 10.9 Å². The standard InChI is InChI=1S/C9H8N2/c10-8-5-6-11-9-4-2-1-3-7(8)9/h1-6H,(H2,10,11)/p+1. The molecule has 2 nitrogen and oxygen atoms in total. The van der Waals surface area contributed by atoms with Gasteiger partial charge in [0.05, 0.1) is 5.52 Å². The van der Waals surface area contributed by atoms with E-state index in [1.165, 1.54) is 0 Å². The Morgan fingerprint density at radius 1 is 1.18 bits per heavy atom. The van der Waals surface area contributed by atoms with E-state index in [1.807, 2.05) is 30.3 Å². The monoisotopic (exact) mass is 145 g/mol. The number of benzene rings is 1. The van der Waals surface area contributed by atoms with Gasteiger partial charge >= 0.3 is 1.43 Å². The summed E-state index contributed by atoms with van der Waals surface area (Å²) in [6.07, 6.45) is 1.72. The van der Waals surface area contributed by atoms with Crippen LogP contribution in [0.2, 0.25) is 0 Å². The number of para-hydroxylation sites is 1. The van der Waals surface area contributed by atoms with Crippen LogP contribution in [0.1, 0.15) is 1.43 Å². The maximum Gasteiger partial charge on any atom is 1.00 e. The molecule has 0 spiro atoms. The van der Waals surface area contributed by atoms with E-state index >= 15 is 0 Å². The molecule has 0 aliphatic heterocycles. The van der Waals surface area contributed by atoms with Crippen LogP contribution in [0.5, 0.6) is 0 Å². The van der Waals surface area contributed by atoms with Crippen molar-refractivity contribution in [3.8, 4) is 0 Å². The summed E-state index contributed by atoms with van der Waals surface area (Å²) < 4.78 is 0. The van der Waals surface area contributed by atoms with Crippen molar-refractivity contribution in [1.29, 1.82) is 0 Å². The molecule has 1 aromatic carbocycles. The van der Waals surface area contributed by atoms with Crippen LogP contribution >= 0.6 is 0 Å². The van der Waals surface area contributed by atoms with E-state index < -0.39 is 0 Å². The lowest BCUT2D eigenvalue weighted by Gasteiger charge is -1.97. The highest BCUT2D eigenvalue weighted by Gasteiger charge is 1.94. The summed E-state index contributed by atoms with van der Waals surface area (Å²) in [6.45, 7) is 0. The minimum atomic E-state index is 0. The Hall–Kier alpha value is -1.57. The first-order valence-corrected chi connectivity index (χ1v) is 3.47. The maximum absolute atomic E-state index is 5.72. The number of anilines is 1. The fraction of sp³-hybridized carbons (Fsp3) is 0. The minimum Gasteiger partial charge on any atom is -0.398 e. The highest BCUT2D eigenvalue weighted by molar-refractivity contribution is 5.89. The third-order valence-electron chi connectivity index (χ3n) is 1.68. The third-order valence-corrected chi connectivity index (χ3v) is 1.68. The summed E-state index contributed by atoms with van der Waals surface area (Å²) in [5.41, 5.74) is 7.46. The van der Waals surface area contributed by atoms with Crippen LogP contribution in [-0.2, 0) is 0 Å². The molecular weight excluding hydrogens is 136 g/mol. The Labute approximate surface area is 66.2 Å². The number of rotatable bonds is 0. The smallest absolute Gasteiger partial charge is 0.398 e. The quantitative estimate of drug-likeness (QED) is 0.615. The van der Waals surface area contributed by atoms with Crippen LogP contribution in [-0.4, -0.2) is 4.98 Å². The Morgan fingerprint density at radius 3 is 2.82 bits per heavy atom. The van der Waals surface area contributed by atoms with Gasteiger partial charge in [-0.25, -0.2) is 0 Å². The molecule has 0 aliphatic rings. The molecule has 2 rings (SSSR count). The SMILES string of the molecule is Nc1ccnc2ccccc12.[H+]. The van der Waals surface area contributed by atoms with E-state index in [1.54, 1.807) is 6.20 Å². The second-order valence-electron chi connectivity index (χ2n) is 2.42. The van der Waals surface area contributed by atoms with Gasteiger partial charge in [-0.1, -0.05) is 18.2 Å². The molecule has 0 saturated heterocycles. The summed E-state index contributed by atoms with van der Waals surface area (Å²) in [5.74, 6) is 0. The molecule has 2 aromatic rings. The first-order chi connectivity index (χ1) is 5.38. The average molecular weight is 145 g/mol. The van der Waals surface area contributed by atoms with Gasteiger partial charge in [0.1, 0.15) is 0 Å². The fourth-order valence-electron chi connectivity index (χ4n) is 1.12. The summed E-state index contributed by atoms with van der Waals surface area (Å²) in [7, 11) is 0. The van der Waals surface area contributed by atoms with Crippen molar-refractivity contribution in [3.05, 3.63) is 36.5 Å². The highest BCUT2D eigenvalue weighted by Crippen LogP contribution is 2.16. The fourth-order valence-corrected chi connectivity index (χ4v) is 1.12. The van der Waals surface area contributed by atoms with Gasteiger partial charge in [0.15, 0.2) is 0 Å². The Kier molecular flexibility index (Phi) is 1.25. The Morgan fingerprint density at radius 2 is 2.00 bits per heavy atom. The zero-order valence-electron chi connectivity index (χ0n) is 6.99. The van der Waals surface area contributed by atoms with Crippen LogP contribution in [0.3, 0.4) is 0 Å². The van der Waals surface area contributed by atoms with Crippen LogP contribution in [0, 0.1) is 0 Å². The Balaban J connectivity index is 0.000000720. The number of hydrogen-bond acceptors (Lipinski definition) is 2. The lowest BCUT2D eigenvalue weighted by molar-refractivity contribution is 1.41. The molecule has 2 heteroatoms. The number of pyridine rings is 1. The number of hydrogen-bond donors (Lipinski definition) is 1. The summed E-state index contributed by atoms with van der Waals surface area (Å²) in [5, 5.41) is 1.02. The van der Waals surface area contributed by atoms with Gasteiger partial charge in [-0.2, -0.15) is 0 Å². The Bertz CT molecular complexity index is 382. The highest BCUT2D eigenvalue weighted by atomic mass is 14.7. The summed E-state index contributed by atoms with van der Waals surface area (Å²) in [6, 6.07) is 9.64. The van der Waals surface area contributed by atoms with Gasteiger partial charge in [-0.05, 0) is 12.1 Å². The molecule has 0 fully saturated rings. The van der Waals surface area contributed by atoms with Gasteiger partial charge in [-0.3, -0.25) is 4.98 Å². The first-order valence-electron chi connectivity index (χ1n) is 3.47. The van der Waals surface area contributed by atoms with E-state index in [4.69, 9.17) is 5.73 Å². The van der Waals surface area contributed by atoms with Crippen molar-refractivity contribution in [2.24, 2.45) is 0 Å². The molecule has 1 aromatic heterocycles. The van der Waals surface area contributed by atoms with Gasteiger partial charge < -0.3 is 5.73 Å². The van der Waals surface area contributed by atoms with Crippen molar-refractivity contribution in [1.82, 2.24) is 4.98 Å². The van der Waals surface area contributed by atoms with E-state index in [9.17, 15) is 0 Å². The minimum absolute atomic E-state index is 0. The van der Waals surface area contributed by atoms with Crippen molar-refractivity contribution in [2.75, 3.05) is 5.73 Å². The van der Waals surface area contributed by atoms with Crippen LogP contribution < -0.4 is 5.73 Å². The molecule has 0 amide bonds. The second-order valence-corrected chi connectivity index (χ2v) is 2.42. The van der Waals surface area contributed by atoms with E-state index in [0.29, 0.717) is 0 Å². The molecular formula is C9H9N2+. The van der Waals surface area contributed by atoms with E-state index in [2.05, 4.69) is 4.98 Å². The number of nitrogens with two attached hydrogens (primary N) is 1. The van der Waals surface area contributed by atoms with Crippen LogP contribution in [0.4, 0.5) is 5.69 Å². The second kappa shape index (κ2) is 2.23. The first kappa shape index (κ1) is 6.16. The maximum atomic E-state index is 5.72. The lowest BCUT2D eigenvalue weighted by atomic mass is 10.2. The summed E-state index contributed by atoms with van der Waals surface area (Å²) >= 11 is 0. The number of aromatic nitrogens is 1. The molecule has 0 radical (unpaired) electrons. The topological polar surface area (TPSA) is 38.9 Å². The van der Waals surface area contributed by atoms with Crippen molar-refractivity contribution in [2.45, 2.75) is 0 Å². The molecule has 0 atom stereocenters. The van der Waals surface area contributed by atoms with Gasteiger partial charge in [-0.15, -0.1) is 0 Å². The lowest BCUT2D eigenvalue weighted by Crippen LogP contribution is -1.87. The molecule has 0 aliphatic carbocycles. The normalized spacial score (nSPS) is 10.2. The van der Waals surface area contributed by atoms with E-state index in [-0.39, 0.29) is 1.43 Å². The van der Waals surface area contributed by atoms with Crippen molar-refractivity contribution < 1.29 is 1.43 Å². The molecule has 54 valence electrons. The van der Waals surface area contributed by atoms with Crippen molar-refractivity contribution in [3.63, 3.8) is 0 Å². The molecule has 11 heavy (non-hydrogen) atoms. The number of nitrogen functional groups attached to an aromatic ring is 1. The number of nitrogens with zero attached hydrogens (tertiary/aromatic N) is 1. The molecule has 0 bridgehead atoms. The number of fused-ring (bicyclic) bond motifs is 1. The third kappa shape index (κ3) is 0.923. The molecule has 0 saturated carbocycles. The average Bonchev–Trinajstić information content (AvgIpc) is 2.06. The zero-order chi connectivity index (χ0) is 7.68. The predicted octanol–water partition coefficient (Wildman–Crippen LogP) is 1.93. The summed E-state index contributed by atoms with van der Waals surface area (Å²) in [4.78, 5) is 4.16. The molecule has 2 N–H and O–H groups in total. The molecule has 1 heterocycles.